The molecule has 2 heterocycles. The van der Waals surface area contributed by atoms with Gasteiger partial charge in [-0.1, -0.05) is 18.2 Å². The summed E-state index contributed by atoms with van der Waals surface area (Å²) in [5, 5.41) is 11.6. The maximum atomic E-state index is 11.4. The Labute approximate surface area is 121 Å². The number of hydrogen-bond donors (Lipinski definition) is 1. The maximum absolute atomic E-state index is 11.4. The number of carbonyl (C=O) groups is 1. The molecule has 104 valence electrons. The summed E-state index contributed by atoms with van der Waals surface area (Å²) in [6, 6.07) is 12.0. The molecule has 0 aliphatic heterocycles. The fraction of sp³-hybridized carbons (Fsp3) is 0.176. The van der Waals surface area contributed by atoms with Crippen LogP contribution in [0, 0.1) is 0 Å². The summed E-state index contributed by atoms with van der Waals surface area (Å²) >= 11 is 0. The third-order valence-electron chi connectivity index (χ3n) is 4.01. The van der Waals surface area contributed by atoms with Crippen LogP contribution < -0.4 is 0 Å². The number of carboxylic acids is 1. The monoisotopic (exact) mass is 278 g/mol. The molecular weight excluding hydrogens is 264 g/mol. The number of pyridine rings is 1. The van der Waals surface area contributed by atoms with Crippen molar-refractivity contribution >= 4 is 16.7 Å². The van der Waals surface area contributed by atoms with E-state index in [1.807, 2.05) is 41.1 Å². The molecule has 0 saturated heterocycles. The topological polar surface area (TPSA) is 55.1 Å². The highest BCUT2D eigenvalue weighted by molar-refractivity contribution is 5.97. The zero-order chi connectivity index (χ0) is 14.4. The van der Waals surface area contributed by atoms with Gasteiger partial charge in [-0.25, -0.2) is 4.79 Å². The molecule has 1 saturated carbocycles. The first-order valence-electron chi connectivity index (χ1n) is 7.03. The van der Waals surface area contributed by atoms with Crippen LogP contribution in [0.2, 0.25) is 0 Å². The lowest BCUT2D eigenvalue weighted by Gasteiger charge is -2.12. The van der Waals surface area contributed by atoms with Crippen molar-refractivity contribution < 1.29 is 9.90 Å². The zero-order valence-corrected chi connectivity index (χ0v) is 11.4. The number of nitrogens with zero attached hydrogens (tertiary/aromatic N) is 2. The van der Waals surface area contributed by atoms with E-state index in [2.05, 4.69) is 4.98 Å². The molecule has 4 heteroatoms. The Morgan fingerprint density at radius 3 is 2.81 bits per heavy atom. The molecule has 2 aromatic heterocycles. The van der Waals surface area contributed by atoms with Crippen LogP contribution in [-0.4, -0.2) is 20.6 Å². The third kappa shape index (κ3) is 1.91. The van der Waals surface area contributed by atoms with Gasteiger partial charge in [0.1, 0.15) is 5.69 Å². The molecule has 4 rings (SSSR count). The van der Waals surface area contributed by atoms with Crippen molar-refractivity contribution in [2.24, 2.45) is 0 Å². The Morgan fingerprint density at radius 1 is 1.19 bits per heavy atom. The molecule has 4 nitrogen and oxygen atoms in total. The molecular formula is C17H14N2O2. The normalized spacial score (nSPS) is 14.5. The number of hydrogen-bond acceptors (Lipinski definition) is 2. The highest BCUT2D eigenvalue weighted by atomic mass is 16.4. The van der Waals surface area contributed by atoms with Crippen LogP contribution in [0.25, 0.3) is 22.0 Å². The van der Waals surface area contributed by atoms with Crippen molar-refractivity contribution in [2.45, 2.75) is 18.9 Å². The molecule has 0 radical (unpaired) electrons. The van der Waals surface area contributed by atoms with Crippen LogP contribution in [0.1, 0.15) is 29.4 Å². The highest BCUT2D eigenvalue weighted by Gasteiger charge is 2.30. The Morgan fingerprint density at radius 2 is 2.05 bits per heavy atom. The van der Waals surface area contributed by atoms with Gasteiger partial charge in [-0.15, -0.1) is 0 Å². The molecule has 1 fully saturated rings. The second-order valence-corrected chi connectivity index (χ2v) is 5.41. The fourth-order valence-corrected chi connectivity index (χ4v) is 2.91. The van der Waals surface area contributed by atoms with Crippen molar-refractivity contribution in [3.05, 3.63) is 54.5 Å². The Balaban J connectivity index is 1.99. The molecule has 21 heavy (non-hydrogen) atoms. The number of aromatic carboxylic acids is 1. The van der Waals surface area contributed by atoms with Gasteiger partial charge in [0.25, 0.3) is 0 Å². The fourth-order valence-electron chi connectivity index (χ4n) is 2.91. The maximum Gasteiger partial charge on any atom is 0.352 e. The van der Waals surface area contributed by atoms with Gasteiger partial charge in [-0.05, 0) is 36.4 Å². The van der Waals surface area contributed by atoms with E-state index in [1.165, 1.54) is 0 Å². The van der Waals surface area contributed by atoms with E-state index in [4.69, 9.17) is 0 Å². The van der Waals surface area contributed by atoms with Gasteiger partial charge in [0.15, 0.2) is 0 Å². The molecule has 3 aromatic rings. The van der Waals surface area contributed by atoms with Crippen LogP contribution in [-0.2, 0) is 0 Å². The average molecular weight is 278 g/mol. The molecule has 0 bridgehead atoms. The minimum Gasteiger partial charge on any atom is -0.477 e. The smallest absolute Gasteiger partial charge is 0.352 e. The SMILES string of the molecule is O=C(O)c1ccc(-c2cccc3cnccc23)n1C1CC1. The number of carboxylic acid groups (broad SMARTS) is 1. The molecule has 1 aromatic carbocycles. The van der Waals surface area contributed by atoms with Gasteiger partial charge in [0.05, 0.1) is 0 Å². The number of fused-ring (bicyclic) bond motifs is 1. The van der Waals surface area contributed by atoms with E-state index in [-0.39, 0.29) is 0 Å². The van der Waals surface area contributed by atoms with Gasteiger partial charge >= 0.3 is 5.97 Å². The summed E-state index contributed by atoms with van der Waals surface area (Å²) in [4.78, 5) is 15.6. The number of aromatic nitrogens is 2. The highest BCUT2D eigenvalue weighted by Crippen LogP contribution is 2.41. The van der Waals surface area contributed by atoms with Gasteiger partial charge in [-0.3, -0.25) is 4.98 Å². The Hall–Kier alpha value is -2.62. The number of rotatable bonds is 3. The van der Waals surface area contributed by atoms with E-state index in [9.17, 15) is 9.90 Å². The summed E-state index contributed by atoms with van der Waals surface area (Å²) in [6.45, 7) is 0. The predicted octanol–water partition coefficient (Wildman–Crippen LogP) is 3.74. The molecule has 0 spiro atoms. The van der Waals surface area contributed by atoms with Gasteiger partial charge in [0, 0.05) is 35.1 Å². The largest absolute Gasteiger partial charge is 0.477 e. The lowest BCUT2D eigenvalue weighted by atomic mass is 10.0. The molecule has 1 aliphatic carbocycles. The second-order valence-electron chi connectivity index (χ2n) is 5.41. The third-order valence-corrected chi connectivity index (χ3v) is 4.01. The molecule has 1 aliphatic rings. The quantitative estimate of drug-likeness (QED) is 0.794. The van der Waals surface area contributed by atoms with Crippen LogP contribution in [0.5, 0.6) is 0 Å². The molecule has 0 unspecified atom stereocenters. The zero-order valence-electron chi connectivity index (χ0n) is 11.4. The van der Waals surface area contributed by atoms with E-state index in [0.717, 1.165) is 34.9 Å². The minimum atomic E-state index is -0.866. The second kappa shape index (κ2) is 4.45. The van der Waals surface area contributed by atoms with Gasteiger partial charge in [-0.2, -0.15) is 0 Å². The van der Waals surface area contributed by atoms with Gasteiger partial charge in [0.2, 0.25) is 0 Å². The average Bonchev–Trinajstić information content (AvgIpc) is 3.25. The number of benzene rings is 1. The molecule has 0 atom stereocenters. The summed E-state index contributed by atoms with van der Waals surface area (Å²) < 4.78 is 1.97. The lowest BCUT2D eigenvalue weighted by Crippen LogP contribution is -2.08. The van der Waals surface area contributed by atoms with Crippen LogP contribution in [0.15, 0.2) is 48.8 Å². The lowest BCUT2D eigenvalue weighted by molar-refractivity contribution is 0.0685. The Kier molecular flexibility index (Phi) is 2.57. The van der Waals surface area contributed by atoms with Gasteiger partial charge < -0.3 is 9.67 Å². The molecule has 0 amide bonds. The van der Waals surface area contributed by atoms with Crippen molar-refractivity contribution in [3.8, 4) is 11.3 Å². The summed E-state index contributed by atoms with van der Waals surface area (Å²) in [7, 11) is 0. The predicted molar refractivity (Wildman–Crippen MR) is 80.4 cm³/mol. The van der Waals surface area contributed by atoms with E-state index < -0.39 is 5.97 Å². The summed E-state index contributed by atoms with van der Waals surface area (Å²) in [5.41, 5.74) is 2.42. The first kappa shape index (κ1) is 12.1. The van der Waals surface area contributed by atoms with E-state index >= 15 is 0 Å². The van der Waals surface area contributed by atoms with E-state index in [1.54, 1.807) is 12.3 Å². The van der Waals surface area contributed by atoms with E-state index in [0.29, 0.717) is 11.7 Å². The van der Waals surface area contributed by atoms with Crippen LogP contribution in [0.3, 0.4) is 0 Å². The Bertz CT molecular complexity index is 842. The van der Waals surface area contributed by atoms with Crippen molar-refractivity contribution in [1.29, 1.82) is 0 Å². The summed E-state index contributed by atoms with van der Waals surface area (Å²) in [5.74, 6) is -0.866. The van der Waals surface area contributed by atoms with Crippen molar-refractivity contribution in [3.63, 3.8) is 0 Å². The van der Waals surface area contributed by atoms with Crippen LogP contribution >= 0.6 is 0 Å². The minimum absolute atomic E-state index is 0.318. The first-order valence-corrected chi connectivity index (χ1v) is 7.03. The van der Waals surface area contributed by atoms with Crippen molar-refractivity contribution in [2.75, 3.05) is 0 Å². The summed E-state index contributed by atoms with van der Waals surface area (Å²) in [6.07, 6.45) is 5.71. The standard InChI is InChI=1S/C17H14N2O2/c20-17(21)16-7-6-15(19(16)12-4-5-12)14-3-1-2-11-10-18-9-8-13(11)14/h1-3,6-10,12H,4-5H2,(H,20,21). The molecule has 1 N–H and O–H groups in total. The first-order chi connectivity index (χ1) is 10.3. The van der Waals surface area contributed by atoms with Crippen LogP contribution in [0.4, 0.5) is 0 Å². The van der Waals surface area contributed by atoms with Crippen molar-refractivity contribution in [1.82, 2.24) is 9.55 Å².